The van der Waals surface area contributed by atoms with Crippen molar-refractivity contribution in [3.05, 3.63) is 51.8 Å². The average Bonchev–Trinajstić information content (AvgIpc) is 3.23. The number of hydrogen-bond acceptors (Lipinski definition) is 9. The number of benzene rings is 1. The van der Waals surface area contributed by atoms with E-state index in [1.165, 1.54) is 12.3 Å². The lowest BCUT2D eigenvalue weighted by atomic mass is 10.1. The number of nitrogens with zero attached hydrogens (tertiary/aromatic N) is 3. The lowest BCUT2D eigenvalue weighted by Crippen LogP contribution is -2.23. The van der Waals surface area contributed by atoms with Gasteiger partial charge in [0.25, 0.3) is 5.91 Å². The molecule has 11 heteroatoms. The molecule has 0 aliphatic heterocycles. The molecular weight excluding hydrogens is 410 g/mol. The van der Waals surface area contributed by atoms with Crippen LogP contribution in [-0.2, 0) is 0 Å². The summed E-state index contributed by atoms with van der Waals surface area (Å²) in [4.78, 5) is 23.0. The molecule has 0 spiro atoms. The minimum absolute atomic E-state index is 0.0282. The maximum Gasteiger partial charge on any atom is 0.297 e. The number of carboxylic acid groups (broad SMARTS) is 1. The Bertz CT molecular complexity index is 1010. The molecule has 0 radical (unpaired) electrons. The van der Waals surface area contributed by atoms with Crippen LogP contribution < -0.4 is 16.3 Å². The van der Waals surface area contributed by atoms with Crippen molar-refractivity contribution in [2.24, 2.45) is 5.10 Å². The van der Waals surface area contributed by atoms with Gasteiger partial charge in [-0.25, -0.2) is 10.1 Å². The van der Waals surface area contributed by atoms with Gasteiger partial charge in [-0.1, -0.05) is 15.9 Å². The van der Waals surface area contributed by atoms with Gasteiger partial charge in [0.15, 0.2) is 0 Å². The van der Waals surface area contributed by atoms with Gasteiger partial charge in [-0.2, -0.15) is 5.10 Å². The monoisotopic (exact) mass is 418 g/mol. The molecule has 0 bridgehead atoms. The molecule has 3 rings (SSSR count). The van der Waals surface area contributed by atoms with Crippen LogP contribution in [0.5, 0.6) is 0 Å². The third-order valence-corrected chi connectivity index (χ3v) is 3.67. The van der Waals surface area contributed by atoms with E-state index in [4.69, 9.17) is 10.2 Å². The van der Waals surface area contributed by atoms with Crippen molar-refractivity contribution in [3.63, 3.8) is 0 Å². The predicted octanol–water partition coefficient (Wildman–Crippen LogP) is 0.802. The lowest BCUT2D eigenvalue weighted by Gasteiger charge is -2.08. The maximum atomic E-state index is 11.7. The quantitative estimate of drug-likeness (QED) is 0.454. The molecule has 3 N–H and O–H groups in total. The molecule has 3 aromatic rings. The van der Waals surface area contributed by atoms with E-state index in [1.54, 1.807) is 24.3 Å². The minimum Gasteiger partial charge on any atom is -0.545 e. The molecule has 26 heavy (non-hydrogen) atoms. The Morgan fingerprint density at radius 3 is 2.77 bits per heavy atom. The van der Waals surface area contributed by atoms with Gasteiger partial charge in [0, 0.05) is 15.6 Å². The number of halogens is 1. The summed E-state index contributed by atoms with van der Waals surface area (Å²) in [7, 11) is 0. The highest BCUT2D eigenvalue weighted by molar-refractivity contribution is 9.10. The Morgan fingerprint density at radius 2 is 2.08 bits per heavy atom. The fraction of sp³-hybridized carbons (Fsp3) is 0. The van der Waals surface area contributed by atoms with Gasteiger partial charge in [0.1, 0.15) is 11.5 Å². The van der Waals surface area contributed by atoms with Gasteiger partial charge < -0.3 is 20.1 Å². The fourth-order valence-corrected chi connectivity index (χ4v) is 2.39. The maximum absolute atomic E-state index is 11.7. The highest BCUT2D eigenvalue weighted by Crippen LogP contribution is 2.27. The van der Waals surface area contributed by atoms with E-state index in [0.717, 1.165) is 0 Å². The van der Waals surface area contributed by atoms with E-state index in [9.17, 15) is 14.7 Å². The van der Waals surface area contributed by atoms with E-state index in [1.807, 2.05) is 0 Å². The Hall–Kier alpha value is -3.47. The van der Waals surface area contributed by atoms with Crippen molar-refractivity contribution >= 4 is 39.8 Å². The number of nitrogens with two attached hydrogens (primary N) is 1. The molecule has 132 valence electrons. The van der Waals surface area contributed by atoms with Gasteiger partial charge in [-0.15, -0.1) is 0 Å². The molecule has 0 saturated heterocycles. The van der Waals surface area contributed by atoms with Crippen molar-refractivity contribution in [1.29, 1.82) is 0 Å². The zero-order valence-corrected chi connectivity index (χ0v) is 14.4. The summed E-state index contributed by atoms with van der Waals surface area (Å²) < 4.78 is 10.4. The standard InChI is InChI=1S/C15H10BrN5O5/c16-7-1-3-9(10(5-7)15(23)24)11-4-2-8(25-11)6-18-19-14(22)12-13(17)21-26-20-12/h1-6H,(H2,17,21)(H,19,22)(H,23,24)/p-1/b18-6-. The number of carboxylic acids is 1. The first-order valence-corrected chi connectivity index (χ1v) is 7.77. The van der Waals surface area contributed by atoms with Crippen LogP contribution in [-0.4, -0.2) is 28.4 Å². The van der Waals surface area contributed by atoms with Crippen molar-refractivity contribution < 1.29 is 23.7 Å². The smallest absolute Gasteiger partial charge is 0.297 e. The fourth-order valence-electron chi connectivity index (χ4n) is 2.03. The van der Waals surface area contributed by atoms with Crippen LogP contribution in [0.2, 0.25) is 0 Å². The number of rotatable bonds is 5. The first-order valence-electron chi connectivity index (χ1n) is 6.98. The summed E-state index contributed by atoms with van der Waals surface area (Å²) in [6, 6.07) is 7.79. The molecule has 10 nitrogen and oxygen atoms in total. The topological polar surface area (TPSA) is 160 Å². The van der Waals surface area contributed by atoms with Crippen LogP contribution in [0.25, 0.3) is 11.3 Å². The number of nitrogens with one attached hydrogen (secondary N) is 1. The van der Waals surface area contributed by atoms with E-state index < -0.39 is 11.9 Å². The van der Waals surface area contributed by atoms with Crippen LogP contribution >= 0.6 is 15.9 Å². The van der Waals surface area contributed by atoms with Crippen LogP contribution in [0, 0.1) is 0 Å². The van der Waals surface area contributed by atoms with Gasteiger partial charge in [0.2, 0.25) is 11.5 Å². The number of aromatic carboxylic acids is 1. The molecule has 1 amide bonds. The predicted molar refractivity (Wildman–Crippen MR) is 89.9 cm³/mol. The molecule has 2 heterocycles. The first-order chi connectivity index (χ1) is 12.5. The molecule has 1 aromatic carbocycles. The number of carbonyl (C=O) groups excluding carboxylic acids is 2. The zero-order valence-electron chi connectivity index (χ0n) is 12.8. The number of furan rings is 1. The van der Waals surface area contributed by atoms with Gasteiger partial charge >= 0.3 is 0 Å². The number of nitrogen functional groups attached to an aromatic ring is 1. The van der Waals surface area contributed by atoms with Crippen LogP contribution in [0.1, 0.15) is 26.6 Å². The molecule has 0 saturated carbocycles. The van der Waals surface area contributed by atoms with E-state index in [2.05, 4.69) is 41.4 Å². The van der Waals surface area contributed by atoms with Crippen molar-refractivity contribution in [3.8, 4) is 11.3 Å². The second-order valence-electron chi connectivity index (χ2n) is 4.88. The zero-order chi connectivity index (χ0) is 18.7. The Morgan fingerprint density at radius 1 is 1.27 bits per heavy atom. The van der Waals surface area contributed by atoms with Gasteiger partial charge in [-0.3, -0.25) is 4.79 Å². The average molecular weight is 419 g/mol. The summed E-state index contributed by atoms with van der Waals surface area (Å²) in [6.07, 6.45) is 1.22. The molecule has 2 aromatic heterocycles. The van der Waals surface area contributed by atoms with Gasteiger partial charge in [-0.05, 0) is 40.6 Å². The Kier molecular flexibility index (Phi) is 4.80. The number of anilines is 1. The summed E-state index contributed by atoms with van der Waals surface area (Å²) in [5, 5.41) is 21.6. The number of carbonyl (C=O) groups is 2. The highest BCUT2D eigenvalue weighted by atomic mass is 79.9. The van der Waals surface area contributed by atoms with E-state index >= 15 is 0 Å². The number of aromatic nitrogens is 2. The molecule has 0 aliphatic carbocycles. The SMILES string of the molecule is Nc1nonc1C(=O)N/N=C\c1ccc(-c2ccc(Br)cc2C(=O)[O-])o1. The van der Waals surface area contributed by atoms with Crippen LogP contribution in [0.3, 0.4) is 0 Å². The lowest BCUT2D eigenvalue weighted by molar-refractivity contribution is -0.254. The van der Waals surface area contributed by atoms with Gasteiger partial charge in [0.05, 0.1) is 12.2 Å². The minimum atomic E-state index is -1.33. The number of amides is 1. The summed E-state index contributed by atoms with van der Waals surface area (Å²) >= 11 is 3.20. The summed E-state index contributed by atoms with van der Waals surface area (Å²) in [5.74, 6) is -1.63. The van der Waals surface area contributed by atoms with E-state index in [-0.39, 0.29) is 22.8 Å². The highest BCUT2D eigenvalue weighted by Gasteiger charge is 2.15. The number of hydrazone groups is 1. The van der Waals surface area contributed by atoms with Crippen molar-refractivity contribution in [2.45, 2.75) is 0 Å². The van der Waals surface area contributed by atoms with Crippen LogP contribution in [0.15, 0.2) is 49.0 Å². The number of hydrogen-bond donors (Lipinski definition) is 2. The molecule has 0 atom stereocenters. The van der Waals surface area contributed by atoms with Crippen molar-refractivity contribution in [2.75, 3.05) is 5.73 Å². The largest absolute Gasteiger partial charge is 0.545 e. The third-order valence-electron chi connectivity index (χ3n) is 3.18. The third kappa shape index (κ3) is 3.62. The second-order valence-corrected chi connectivity index (χ2v) is 5.79. The normalized spacial score (nSPS) is 11.0. The summed E-state index contributed by atoms with van der Waals surface area (Å²) in [6.45, 7) is 0. The Labute approximate surface area is 153 Å². The molecule has 0 unspecified atom stereocenters. The van der Waals surface area contributed by atoms with Crippen molar-refractivity contribution in [1.82, 2.24) is 15.7 Å². The second kappa shape index (κ2) is 7.19. The first kappa shape index (κ1) is 17.4. The van der Waals surface area contributed by atoms with E-state index in [0.29, 0.717) is 15.8 Å². The van der Waals surface area contributed by atoms with Crippen LogP contribution in [0.4, 0.5) is 5.82 Å². The Balaban J connectivity index is 1.76. The molecular formula is C15H9BrN5O5-. The molecule has 0 aliphatic rings. The molecule has 0 fully saturated rings. The summed E-state index contributed by atoms with van der Waals surface area (Å²) in [5.41, 5.74) is 7.68.